The summed E-state index contributed by atoms with van der Waals surface area (Å²) in [6.45, 7) is 90.5. The van der Waals surface area contributed by atoms with Crippen LogP contribution in [-0.2, 0) is 37.9 Å². The van der Waals surface area contributed by atoms with Crippen LogP contribution in [0.5, 0.6) is 40.2 Å². The van der Waals surface area contributed by atoms with E-state index in [-0.39, 0.29) is 77.1 Å². The molecule has 11 nitrogen and oxygen atoms in total. The van der Waals surface area contributed by atoms with E-state index in [1.165, 1.54) is 87.2 Å². The molecule has 0 bridgehead atoms. The minimum Gasteiger partial charge on any atom is -0.488 e. The van der Waals surface area contributed by atoms with Crippen LogP contribution >= 0.6 is 0 Å². The summed E-state index contributed by atoms with van der Waals surface area (Å²) in [6.07, 6.45) is 3.82. The van der Waals surface area contributed by atoms with Crippen LogP contribution in [0.1, 0.15) is 330 Å². The highest BCUT2D eigenvalue weighted by atomic mass is 16.5. The second kappa shape index (κ2) is 44.5. The molecule has 0 aliphatic carbocycles. The summed E-state index contributed by atoms with van der Waals surface area (Å²) in [6, 6.07) is 92.5. The molecule has 0 aliphatic rings. The van der Waals surface area contributed by atoms with Crippen molar-refractivity contribution in [1.82, 2.24) is 19.9 Å². The van der Waals surface area contributed by atoms with Gasteiger partial charge in [-0.3, -0.25) is 0 Å². The monoisotopic (exact) mass is 1950 g/mol. The number of fused-ring (bicyclic) bond motifs is 7. The molecule has 145 heavy (non-hydrogen) atoms. The third kappa shape index (κ3) is 33.1. The zero-order valence-electron chi connectivity index (χ0n) is 96.2. The second-order valence-electron chi connectivity index (χ2n) is 52.5. The first-order valence-corrected chi connectivity index (χ1v) is 51.9. The van der Waals surface area contributed by atoms with Crippen molar-refractivity contribution in [1.29, 1.82) is 0 Å². The van der Waals surface area contributed by atoms with Gasteiger partial charge in [-0.1, -0.05) is 364 Å². The van der Waals surface area contributed by atoms with Gasteiger partial charge in [0.2, 0.25) is 0 Å². The van der Waals surface area contributed by atoms with Gasteiger partial charge in [-0.05, 0) is 275 Å². The van der Waals surface area contributed by atoms with Gasteiger partial charge in [0.1, 0.15) is 79.5 Å². The highest BCUT2D eigenvalue weighted by Gasteiger charge is 2.33. The van der Waals surface area contributed by atoms with Gasteiger partial charge < -0.3 is 33.2 Å². The lowest BCUT2D eigenvalue weighted by Gasteiger charge is -2.29. The zero-order chi connectivity index (χ0) is 108. The van der Waals surface area contributed by atoms with Crippen LogP contribution in [-0.4, -0.2) is 59.1 Å². The summed E-state index contributed by atoms with van der Waals surface area (Å²) >= 11 is 0. The highest BCUT2D eigenvalue weighted by Crippen LogP contribution is 2.47. The van der Waals surface area contributed by atoms with Gasteiger partial charge >= 0.3 is 0 Å². The maximum atomic E-state index is 6.34. The Balaban J connectivity index is 0.000000174. The van der Waals surface area contributed by atoms with Gasteiger partial charge in [0.15, 0.2) is 11.6 Å². The summed E-state index contributed by atoms with van der Waals surface area (Å²) in [5.41, 5.74) is 11.4. The molecular formula is C134H172N4O7. The van der Waals surface area contributed by atoms with Gasteiger partial charge in [0, 0.05) is 78.6 Å². The van der Waals surface area contributed by atoms with E-state index in [0.717, 1.165) is 90.4 Å². The van der Waals surface area contributed by atoms with Crippen molar-refractivity contribution in [2.45, 2.75) is 368 Å². The summed E-state index contributed by atoms with van der Waals surface area (Å²) < 4.78 is 43.6. The molecule has 0 radical (unpaired) electrons. The average Bonchev–Trinajstić information content (AvgIpc) is 0.745. The van der Waals surface area contributed by atoms with E-state index >= 15 is 0 Å². The Morgan fingerprint density at radius 2 is 0.407 bits per heavy atom. The van der Waals surface area contributed by atoms with Crippen LogP contribution in [0.25, 0.3) is 98.4 Å². The number of rotatable bonds is 9. The van der Waals surface area contributed by atoms with E-state index < -0.39 is 0 Å². The first-order valence-electron chi connectivity index (χ1n) is 51.9. The first kappa shape index (κ1) is 115. The van der Waals surface area contributed by atoms with Crippen molar-refractivity contribution < 1.29 is 33.2 Å². The number of aromatic nitrogens is 4. The molecule has 0 N–H and O–H groups in total. The van der Waals surface area contributed by atoms with Crippen LogP contribution in [0.2, 0.25) is 0 Å². The van der Waals surface area contributed by atoms with E-state index in [0.29, 0.717) is 0 Å². The quantitative estimate of drug-likeness (QED) is 0.138. The molecule has 11 heteroatoms. The number of hydrogen-bond acceptors (Lipinski definition) is 11. The molecule has 2 heterocycles. The van der Waals surface area contributed by atoms with Crippen molar-refractivity contribution in [3.63, 3.8) is 0 Å². The third-order valence-corrected chi connectivity index (χ3v) is 23.3. The predicted octanol–water partition coefficient (Wildman–Crippen LogP) is 38.1. The lowest BCUT2D eigenvalue weighted by Crippen LogP contribution is -2.25. The smallest absolute Gasteiger partial charge is 0.159 e. The fourth-order valence-corrected chi connectivity index (χ4v) is 17.2. The van der Waals surface area contributed by atoms with Crippen molar-refractivity contribution in [2.24, 2.45) is 0 Å². The van der Waals surface area contributed by atoms with Gasteiger partial charge in [-0.2, -0.15) is 0 Å². The molecule has 0 saturated carbocycles. The van der Waals surface area contributed by atoms with Gasteiger partial charge in [-0.25, -0.2) is 19.9 Å². The molecule has 0 aliphatic heterocycles. The molecular weight excluding hydrogens is 1780 g/mol. The molecule has 0 amide bonds. The standard InChI is InChI=1S/2C22H26N2O.5C18H24O/c1-21(2,3)17-12-13-18-16(19(17)25-22(4,5)6)14-23-20(24-18)15-10-8-7-9-11-15;1-21(2,3)19-16-14-23-20(15-10-8-7-9-11-15)24-17(16)12-13-18(19)25-22(4,5)6;2*1-17(2,3)15-11-13-9-7-8-10-14(13)12-16(15)19-18(4,5)6;1-17(2,3)16-14-10-8-7-9-13(14)11-12-15(16)19-18(4,5)6;2*1-17(2,3)15-12-11-13-9-7-8-10-14(13)16(15)19-18(4,5)6/h2*7-14H,1-6H3;5*7-12H,1-6H3. The molecule has 0 saturated heterocycles. The van der Waals surface area contributed by atoms with Crippen LogP contribution in [0.4, 0.5) is 0 Å². The maximum Gasteiger partial charge on any atom is 0.159 e. The van der Waals surface area contributed by atoms with Crippen LogP contribution in [0.15, 0.2) is 279 Å². The van der Waals surface area contributed by atoms with Crippen molar-refractivity contribution in [2.75, 3.05) is 0 Å². The van der Waals surface area contributed by atoms with Crippen LogP contribution < -0.4 is 33.2 Å². The fourth-order valence-electron chi connectivity index (χ4n) is 17.2. The summed E-state index contributed by atoms with van der Waals surface area (Å²) in [5, 5.41) is 14.4. The normalized spacial score (nSPS) is 12.6. The Kier molecular flexibility index (Phi) is 35.2. The van der Waals surface area contributed by atoms with E-state index in [1.807, 2.05) is 85.2 Å². The lowest BCUT2D eigenvalue weighted by molar-refractivity contribution is 0.127. The third-order valence-electron chi connectivity index (χ3n) is 23.3. The topological polar surface area (TPSA) is 116 Å². The lowest BCUT2D eigenvalue weighted by atomic mass is 9.83. The minimum atomic E-state index is -0.285. The Hall–Kier alpha value is -12.3. The minimum absolute atomic E-state index is 0.0210. The van der Waals surface area contributed by atoms with Gasteiger partial charge in [0.05, 0.1) is 16.4 Å². The van der Waals surface area contributed by atoms with Crippen molar-refractivity contribution in [3.8, 4) is 63.0 Å². The van der Waals surface area contributed by atoms with Gasteiger partial charge in [-0.15, -0.1) is 0 Å². The number of nitrogens with zero attached hydrogens (tertiary/aromatic N) is 4. The molecule has 16 aromatic rings. The summed E-state index contributed by atoms with van der Waals surface area (Å²) in [4.78, 5) is 18.8. The first-order chi connectivity index (χ1) is 66.7. The van der Waals surface area contributed by atoms with Gasteiger partial charge in [0.25, 0.3) is 0 Å². The Bertz CT molecular complexity index is 6790. The van der Waals surface area contributed by atoms with Crippen LogP contribution in [0, 0.1) is 0 Å². The second-order valence-corrected chi connectivity index (χ2v) is 52.5. The molecule has 0 fully saturated rings. The Labute approximate surface area is 872 Å². The SMILES string of the molecule is CC(C)(C)Oc1c(C(C)(C)C)ccc2ccccc12.CC(C)(C)Oc1c(C(C)(C)C)ccc2ccccc12.CC(C)(C)Oc1c(C(C)(C)C)ccc2nc(-c3ccccc3)ncc12.CC(C)(C)Oc1cc2ccccc2cc1C(C)(C)C.CC(C)(C)Oc1cc2ccccc2cc1C(C)(C)C.CC(C)(C)Oc1ccc2ccccc2c1C(C)(C)C.CC(C)(C)Oc1ccc2nc(-c3ccccc3)ncc2c1C(C)(C)C. The van der Waals surface area contributed by atoms with Crippen molar-refractivity contribution in [3.05, 3.63) is 318 Å². The Morgan fingerprint density at radius 1 is 0.172 bits per heavy atom. The maximum absolute atomic E-state index is 6.34. The number of hydrogen-bond donors (Lipinski definition) is 0. The zero-order valence-corrected chi connectivity index (χ0v) is 96.2. The largest absolute Gasteiger partial charge is 0.488 e. The molecule has 0 spiro atoms. The fraction of sp³-hybridized carbons (Fsp3) is 0.418. The predicted molar refractivity (Wildman–Crippen MR) is 623 cm³/mol. The summed E-state index contributed by atoms with van der Waals surface area (Å²) in [5.74, 6) is 8.32. The number of benzene rings is 14. The molecule has 770 valence electrons. The van der Waals surface area contributed by atoms with E-state index in [9.17, 15) is 0 Å². The molecule has 2 aromatic heterocycles. The molecule has 16 rings (SSSR count). The van der Waals surface area contributed by atoms with E-state index in [1.54, 1.807) is 0 Å². The Morgan fingerprint density at radius 3 is 0.724 bits per heavy atom. The highest BCUT2D eigenvalue weighted by molar-refractivity contribution is 5.94. The molecule has 14 aromatic carbocycles. The van der Waals surface area contributed by atoms with E-state index in [2.05, 4.69) is 495 Å². The molecule has 0 atom stereocenters. The number of ether oxygens (including phenoxy) is 7. The average molecular weight is 1950 g/mol. The van der Waals surface area contributed by atoms with E-state index in [4.69, 9.17) is 43.1 Å². The molecule has 0 unspecified atom stereocenters. The van der Waals surface area contributed by atoms with Crippen LogP contribution in [0.3, 0.4) is 0 Å². The summed E-state index contributed by atoms with van der Waals surface area (Å²) in [7, 11) is 0. The van der Waals surface area contributed by atoms with Crippen molar-refractivity contribution >= 4 is 75.7 Å².